The topological polar surface area (TPSA) is 29.9 Å². The molecule has 3 nitrogen and oxygen atoms in total. The number of thiophene rings is 1. The van der Waals surface area contributed by atoms with Crippen LogP contribution in [-0.2, 0) is 6.54 Å². The molecule has 3 heterocycles. The second kappa shape index (κ2) is 6.30. The second-order valence-electron chi connectivity index (χ2n) is 6.30. The standard InChI is InChI=1S/C19H21N3S/c1-14-7-10-23-19(14)17-4-2-3-16(11-17)18-6-9-22(21-18)13-15-5-8-20-12-15/h2-4,6-7,9-11,15,20H,5,8,12-13H2,1H3/t15-/m0/s1. The van der Waals surface area contributed by atoms with Gasteiger partial charge in [-0.2, -0.15) is 5.10 Å². The van der Waals surface area contributed by atoms with Crippen LogP contribution in [0.5, 0.6) is 0 Å². The Hall–Kier alpha value is -1.91. The Bertz CT molecular complexity index is 796. The maximum atomic E-state index is 4.78. The molecular weight excluding hydrogens is 302 g/mol. The minimum atomic E-state index is 0.711. The number of hydrogen-bond donors (Lipinski definition) is 1. The smallest absolute Gasteiger partial charge is 0.0923 e. The van der Waals surface area contributed by atoms with Crippen molar-refractivity contribution in [1.29, 1.82) is 0 Å². The SMILES string of the molecule is Cc1ccsc1-c1cccc(-c2ccn(C[C@H]3CCNC3)n2)c1. The van der Waals surface area contributed by atoms with Gasteiger partial charge >= 0.3 is 0 Å². The van der Waals surface area contributed by atoms with Gasteiger partial charge in [0.1, 0.15) is 0 Å². The van der Waals surface area contributed by atoms with E-state index >= 15 is 0 Å². The third-order valence-corrected chi connectivity index (χ3v) is 5.60. The molecule has 2 aromatic heterocycles. The first-order chi connectivity index (χ1) is 11.3. The molecule has 1 aliphatic heterocycles. The van der Waals surface area contributed by atoms with E-state index in [1.54, 1.807) is 11.3 Å². The van der Waals surface area contributed by atoms with Gasteiger partial charge in [-0.3, -0.25) is 4.68 Å². The average Bonchev–Trinajstić information content (AvgIpc) is 3.30. The summed E-state index contributed by atoms with van der Waals surface area (Å²) in [5, 5.41) is 10.4. The van der Waals surface area contributed by atoms with Crippen LogP contribution < -0.4 is 5.32 Å². The minimum absolute atomic E-state index is 0.711. The van der Waals surface area contributed by atoms with Gasteiger partial charge in [0.05, 0.1) is 5.69 Å². The van der Waals surface area contributed by atoms with Crippen molar-refractivity contribution in [1.82, 2.24) is 15.1 Å². The Kier molecular flexibility index (Phi) is 4.02. The Morgan fingerprint density at radius 3 is 2.96 bits per heavy atom. The average molecular weight is 323 g/mol. The molecule has 0 radical (unpaired) electrons. The lowest BCUT2D eigenvalue weighted by Crippen LogP contribution is -2.14. The van der Waals surface area contributed by atoms with Crippen molar-refractivity contribution in [2.45, 2.75) is 19.9 Å². The van der Waals surface area contributed by atoms with E-state index in [1.165, 1.54) is 28.0 Å². The van der Waals surface area contributed by atoms with Crippen molar-refractivity contribution in [3.05, 3.63) is 53.5 Å². The van der Waals surface area contributed by atoms with Crippen LogP contribution in [0.2, 0.25) is 0 Å². The number of nitrogens with zero attached hydrogens (tertiary/aromatic N) is 2. The summed E-state index contributed by atoms with van der Waals surface area (Å²) in [7, 11) is 0. The summed E-state index contributed by atoms with van der Waals surface area (Å²) in [5.41, 5.74) is 4.88. The van der Waals surface area contributed by atoms with Crippen molar-refractivity contribution in [2.24, 2.45) is 5.92 Å². The second-order valence-corrected chi connectivity index (χ2v) is 7.21. The molecule has 0 amide bonds. The molecule has 0 unspecified atom stereocenters. The first-order valence-corrected chi connectivity index (χ1v) is 9.06. The first-order valence-electron chi connectivity index (χ1n) is 8.19. The van der Waals surface area contributed by atoms with Gasteiger partial charge in [-0.15, -0.1) is 11.3 Å². The van der Waals surface area contributed by atoms with E-state index in [0.29, 0.717) is 5.92 Å². The number of benzene rings is 1. The van der Waals surface area contributed by atoms with Crippen LogP contribution in [-0.4, -0.2) is 22.9 Å². The van der Waals surface area contributed by atoms with Gasteiger partial charge in [0, 0.05) is 23.2 Å². The largest absolute Gasteiger partial charge is 0.316 e. The molecule has 0 spiro atoms. The molecule has 1 aliphatic rings. The lowest BCUT2D eigenvalue weighted by molar-refractivity contribution is 0.450. The zero-order valence-electron chi connectivity index (χ0n) is 13.3. The molecular formula is C19H21N3S. The lowest BCUT2D eigenvalue weighted by atomic mass is 10.1. The monoisotopic (exact) mass is 323 g/mol. The quantitative estimate of drug-likeness (QED) is 0.780. The van der Waals surface area contributed by atoms with Gasteiger partial charge in [-0.1, -0.05) is 18.2 Å². The third-order valence-electron chi connectivity index (χ3n) is 4.53. The summed E-state index contributed by atoms with van der Waals surface area (Å²) in [4.78, 5) is 1.35. The summed E-state index contributed by atoms with van der Waals surface area (Å²) in [6, 6.07) is 13.0. The van der Waals surface area contributed by atoms with E-state index in [4.69, 9.17) is 5.10 Å². The Morgan fingerprint density at radius 1 is 1.26 bits per heavy atom. The Labute approximate surface area is 141 Å². The predicted octanol–water partition coefficient (Wildman–Crippen LogP) is 4.20. The van der Waals surface area contributed by atoms with Gasteiger partial charge in [0.15, 0.2) is 0 Å². The van der Waals surface area contributed by atoms with E-state index in [2.05, 4.69) is 64.9 Å². The van der Waals surface area contributed by atoms with Crippen LogP contribution in [0.3, 0.4) is 0 Å². The minimum Gasteiger partial charge on any atom is -0.316 e. The van der Waals surface area contributed by atoms with E-state index < -0.39 is 0 Å². The van der Waals surface area contributed by atoms with E-state index in [0.717, 1.165) is 25.3 Å². The van der Waals surface area contributed by atoms with Crippen molar-refractivity contribution in [3.63, 3.8) is 0 Å². The maximum Gasteiger partial charge on any atom is 0.0923 e. The van der Waals surface area contributed by atoms with Gasteiger partial charge in [-0.05, 0) is 67.1 Å². The molecule has 1 atom stereocenters. The first kappa shape index (κ1) is 14.7. The fourth-order valence-electron chi connectivity index (χ4n) is 3.24. The van der Waals surface area contributed by atoms with Crippen molar-refractivity contribution in [2.75, 3.05) is 13.1 Å². The molecule has 0 aliphatic carbocycles. The van der Waals surface area contributed by atoms with Crippen LogP contribution in [0.25, 0.3) is 21.7 Å². The van der Waals surface area contributed by atoms with Gasteiger partial charge in [0.25, 0.3) is 0 Å². The van der Waals surface area contributed by atoms with Crippen molar-refractivity contribution >= 4 is 11.3 Å². The predicted molar refractivity (Wildman–Crippen MR) is 96.7 cm³/mol. The molecule has 0 bridgehead atoms. The van der Waals surface area contributed by atoms with Crippen molar-refractivity contribution < 1.29 is 0 Å². The van der Waals surface area contributed by atoms with E-state index in [-0.39, 0.29) is 0 Å². The van der Waals surface area contributed by atoms with Gasteiger partial charge in [0.2, 0.25) is 0 Å². The van der Waals surface area contributed by atoms with Crippen LogP contribution in [0.1, 0.15) is 12.0 Å². The highest BCUT2D eigenvalue weighted by Crippen LogP contribution is 2.31. The number of nitrogens with one attached hydrogen (secondary N) is 1. The number of aryl methyl sites for hydroxylation is 1. The highest BCUT2D eigenvalue weighted by Gasteiger charge is 2.15. The fraction of sp³-hybridized carbons (Fsp3) is 0.316. The lowest BCUT2D eigenvalue weighted by Gasteiger charge is -2.08. The molecule has 1 N–H and O–H groups in total. The van der Waals surface area contributed by atoms with Crippen LogP contribution in [0.4, 0.5) is 0 Å². The normalized spacial score (nSPS) is 17.7. The highest BCUT2D eigenvalue weighted by molar-refractivity contribution is 7.13. The molecule has 4 rings (SSSR count). The summed E-state index contributed by atoms with van der Waals surface area (Å²) in [6.07, 6.45) is 3.36. The third kappa shape index (κ3) is 3.09. The fourth-order valence-corrected chi connectivity index (χ4v) is 4.17. The van der Waals surface area contributed by atoms with Crippen LogP contribution in [0.15, 0.2) is 48.0 Å². The molecule has 3 aromatic rings. The molecule has 4 heteroatoms. The van der Waals surface area contributed by atoms with Gasteiger partial charge < -0.3 is 5.32 Å². The Balaban J connectivity index is 1.58. The van der Waals surface area contributed by atoms with E-state index in [9.17, 15) is 0 Å². The molecule has 1 aromatic carbocycles. The number of aromatic nitrogens is 2. The zero-order chi connectivity index (χ0) is 15.6. The summed E-state index contributed by atoms with van der Waals surface area (Å²) in [5.74, 6) is 0.711. The number of hydrogen-bond acceptors (Lipinski definition) is 3. The molecule has 1 saturated heterocycles. The van der Waals surface area contributed by atoms with Gasteiger partial charge in [-0.25, -0.2) is 0 Å². The summed E-state index contributed by atoms with van der Waals surface area (Å²) >= 11 is 1.80. The molecule has 1 fully saturated rings. The van der Waals surface area contributed by atoms with E-state index in [1.807, 2.05) is 0 Å². The highest BCUT2D eigenvalue weighted by atomic mass is 32.1. The molecule has 0 saturated carbocycles. The molecule has 118 valence electrons. The van der Waals surface area contributed by atoms with Crippen molar-refractivity contribution in [3.8, 4) is 21.7 Å². The Morgan fingerprint density at radius 2 is 2.17 bits per heavy atom. The zero-order valence-corrected chi connectivity index (χ0v) is 14.1. The number of rotatable bonds is 4. The summed E-state index contributed by atoms with van der Waals surface area (Å²) in [6.45, 7) is 5.43. The van der Waals surface area contributed by atoms with Crippen LogP contribution in [0, 0.1) is 12.8 Å². The molecule has 23 heavy (non-hydrogen) atoms. The van der Waals surface area contributed by atoms with Crippen LogP contribution >= 0.6 is 11.3 Å². The maximum absolute atomic E-state index is 4.78. The summed E-state index contributed by atoms with van der Waals surface area (Å²) < 4.78 is 2.09.